The summed E-state index contributed by atoms with van der Waals surface area (Å²) in [4.78, 5) is 12.1. The predicted octanol–water partition coefficient (Wildman–Crippen LogP) is 11.0. The highest BCUT2D eigenvalue weighted by Gasteiger charge is 2.25. The molecule has 322 valence electrons. The first-order valence-corrected chi connectivity index (χ1v) is 22.6. The second kappa shape index (κ2) is 20.5. The van der Waals surface area contributed by atoms with Gasteiger partial charge in [-0.25, -0.2) is 0 Å². The first-order chi connectivity index (χ1) is 28.6. The van der Waals surface area contributed by atoms with Crippen LogP contribution in [-0.2, 0) is 0 Å². The molecule has 3 aromatic rings. The fourth-order valence-corrected chi connectivity index (χ4v) is 8.82. The number of likely N-dealkylation sites (N-methyl/N-ethyl adjacent to an activating group) is 1. The van der Waals surface area contributed by atoms with Crippen molar-refractivity contribution < 1.29 is 0 Å². The molecule has 4 heterocycles. The Bertz CT molecular complexity index is 2250. The summed E-state index contributed by atoms with van der Waals surface area (Å²) in [5.41, 5.74) is 10.3. The van der Waals surface area contributed by atoms with Crippen LogP contribution in [0.25, 0.3) is 30.0 Å². The number of hydrogen-bond donors (Lipinski definition) is 2. The summed E-state index contributed by atoms with van der Waals surface area (Å²) in [7, 11) is 2.09. The Balaban J connectivity index is 0.000000221. The summed E-state index contributed by atoms with van der Waals surface area (Å²) < 4.78 is 2.27. The molecule has 0 amide bonds. The van der Waals surface area contributed by atoms with Gasteiger partial charge in [-0.1, -0.05) is 112 Å². The molecule has 0 saturated carbocycles. The maximum absolute atomic E-state index is 4.74. The van der Waals surface area contributed by atoms with Gasteiger partial charge in [0.1, 0.15) is 5.84 Å². The second-order valence-corrected chi connectivity index (χ2v) is 17.5. The highest BCUT2D eigenvalue weighted by Crippen LogP contribution is 2.39. The van der Waals surface area contributed by atoms with E-state index in [9.17, 15) is 0 Å². The van der Waals surface area contributed by atoms with Gasteiger partial charge < -0.3 is 25.0 Å². The van der Waals surface area contributed by atoms with Crippen LogP contribution in [0.15, 0.2) is 108 Å². The number of nitrogens with zero attached hydrogens (tertiary/aromatic N) is 5. The molecule has 7 rings (SSSR count). The fraction of sp³-hybridized carbons (Fsp3) is 0.453. The van der Waals surface area contributed by atoms with Crippen molar-refractivity contribution in [2.75, 3.05) is 54.9 Å². The van der Waals surface area contributed by atoms with E-state index in [0.29, 0.717) is 11.8 Å². The van der Waals surface area contributed by atoms with Crippen molar-refractivity contribution in [2.24, 2.45) is 22.7 Å². The smallest absolute Gasteiger partial charge is 0.104 e. The van der Waals surface area contributed by atoms with Crippen molar-refractivity contribution in [1.82, 2.24) is 14.8 Å². The molecule has 3 atom stereocenters. The van der Waals surface area contributed by atoms with E-state index in [0.717, 1.165) is 84.3 Å². The van der Waals surface area contributed by atoms with Crippen LogP contribution in [0.4, 0.5) is 17.1 Å². The Kier molecular flexibility index (Phi) is 15.7. The quantitative estimate of drug-likeness (QED) is 0.158. The SMILES string of the molecule is C=C1C(C2=CC(C)C=C2)=Cc2cc(NC(=NC(C)C)C(C)C)ccc2N1C.C=C1CCC(n2c(=C)c3ccc(N4CCN(CC(C)CCC)CC4)cc3c2=C)C(=C)N1.CC. The number of aliphatic imine (C=N–C) groups is 1. The van der Waals surface area contributed by atoms with Gasteiger partial charge in [-0.15, -0.1) is 0 Å². The molecular weight excluding hydrogens is 735 g/mol. The lowest BCUT2D eigenvalue weighted by Gasteiger charge is -2.37. The Morgan fingerprint density at radius 2 is 1.62 bits per heavy atom. The van der Waals surface area contributed by atoms with Crippen LogP contribution in [0.2, 0.25) is 0 Å². The average Bonchev–Trinajstić information content (AvgIpc) is 3.76. The monoisotopic (exact) mass is 810 g/mol. The molecule has 60 heavy (non-hydrogen) atoms. The van der Waals surface area contributed by atoms with Crippen molar-refractivity contribution in [3.63, 3.8) is 0 Å². The van der Waals surface area contributed by atoms with Crippen LogP contribution in [-0.4, -0.2) is 61.1 Å². The zero-order valence-corrected chi connectivity index (χ0v) is 38.8. The number of allylic oxidation sites excluding steroid dienone is 6. The van der Waals surface area contributed by atoms with Crippen molar-refractivity contribution in [2.45, 2.75) is 100 Å². The summed E-state index contributed by atoms with van der Waals surface area (Å²) in [6.45, 7) is 46.6. The largest absolute Gasteiger partial charge is 0.369 e. The minimum atomic E-state index is 0.176. The highest BCUT2D eigenvalue weighted by molar-refractivity contribution is 5.98. The van der Waals surface area contributed by atoms with Gasteiger partial charge in [0.15, 0.2) is 0 Å². The molecular formula is C53H75N7. The summed E-state index contributed by atoms with van der Waals surface area (Å²) in [6, 6.07) is 13.7. The Morgan fingerprint density at radius 1 is 0.917 bits per heavy atom. The molecule has 0 radical (unpaired) electrons. The maximum Gasteiger partial charge on any atom is 0.104 e. The minimum Gasteiger partial charge on any atom is -0.369 e. The Labute approximate surface area is 363 Å². The van der Waals surface area contributed by atoms with Crippen molar-refractivity contribution >= 4 is 52.9 Å². The van der Waals surface area contributed by atoms with Crippen molar-refractivity contribution in [3.05, 3.63) is 119 Å². The van der Waals surface area contributed by atoms with Crippen molar-refractivity contribution in [1.29, 1.82) is 0 Å². The topological polar surface area (TPSA) is 51.1 Å². The number of fused-ring (bicyclic) bond motifs is 2. The lowest BCUT2D eigenvalue weighted by Crippen LogP contribution is -2.47. The Hall–Kier alpha value is -5.01. The van der Waals surface area contributed by atoms with Gasteiger partial charge in [0.2, 0.25) is 0 Å². The van der Waals surface area contributed by atoms with Crippen LogP contribution in [0.5, 0.6) is 0 Å². The molecule has 4 aliphatic rings. The lowest BCUT2D eigenvalue weighted by molar-refractivity contribution is 0.219. The molecule has 2 N–H and O–H groups in total. The van der Waals surface area contributed by atoms with E-state index in [1.165, 1.54) is 58.2 Å². The number of amidine groups is 1. The van der Waals surface area contributed by atoms with E-state index in [2.05, 4.69) is 179 Å². The Morgan fingerprint density at radius 3 is 2.23 bits per heavy atom. The molecule has 3 unspecified atom stereocenters. The number of rotatable bonds is 10. The molecule has 7 nitrogen and oxygen atoms in total. The van der Waals surface area contributed by atoms with E-state index in [1.807, 2.05) is 13.8 Å². The second-order valence-electron chi connectivity index (χ2n) is 17.5. The third-order valence-corrected chi connectivity index (χ3v) is 12.0. The van der Waals surface area contributed by atoms with Gasteiger partial charge in [-0.3, -0.25) is 9.89 Å². The maximum atomic E-state index is 4.74. The first kappa shape index (κ1) is 46.1. The average molecular weight is 810 g/mol. The van der Waals surface area contributed by atoms with Gasteiger partial charge in [0, 0.05) is 118 Å². The number of piperazine rings is 1. The van der Waals surface area contributed by atoms with Crippen LogP contribution < -0.4 is 31.1 Å². The van der Waals surface area contributed by atoms with Crippen LogP contribution in [0.3, 0.4) is 0 Å². The summed E-state index contributed by atoms with van der Waals surface area (Å²) in [6.07, 6.45) is 13.5. The van der Waals surface area contributed by atoms with Crippen molar-refractivity contribution in [3.8, 4) is 0 Å². The predicted molar refractivity (Wildman–Crippen MR) is 265 cm³/mol. The number of nitrogens with one attached hydrogen (secondary N) is 2. The lowest BCUT2D eigenvalue weighted by atomic mass is 9.94. The molecule has 2 saturated heterocycles. The third kappa shape index (κ3) is 10.6. The number of anilines is 3. The molecule has 0 spiro atoms. The third-order valence-electron chi connectivity index (χ3n) is 12.0. The molecule has 3 aliphatic heterocycles. The molecule has 1 aromatic heterocycles. The zero-order valence-electron chi connectivity index (χ0n) is 38.8. The molecule has 0 bridgehead atoms. The number of hydrogen-bond acceptors (Lipinski definition) is 5. The zero-order chi connectivity index (χ0) is 43.8. The van der Waals surface area contributed by atoms with Gasteiger partial charge in [-0.05, 0) is 86.9 Å². The highest BCUT2D eigenvalue weighted by atomic mass is 15.3. The van der Waals surface area contributed by atoms with E-state index in [-0.39, 0.29) is 12.1 Å². The molecule has 1 aliphatic carbocycles. The van der Waals surface area contributed by atoms with Crippen LogP contribution in [0, 0.1) is 17.8 Å². The van der Waals surface area contributed by atoms with E-state index in [1.54, 1.807) is 0 Å². The van der Waals surface area contributed by atoms with Gasteiger partial charge >= 0.3 is 0 Å². The standard InChI is InChI=1S/C27H38N4.C24H31N3.C2H6/c1-7-8-19(2)18-29-13-15-30(16-14-29)24-10-11-25-22(5)31(23(6)26(25)17-24)27-12-9-20(3)28-21(27)4;1-15(2)24(25-16(3)4)26-21-10-11-23-20(13-21)14-22(18(6)27(23)7)19-9-8-17(5)12-19;1-2/h10-11,17,19,27-28H,3-9,12-16,18H2,1-2H3;8-17H,6H2,1-5,7H3,(H,25,26);1-2H3. The van der Waals surface area contributed by atoms with Crippen LogP contribution in [0.1, 0.15) is 99.6 Å². The van der Waals surface area contributed by atoms with Gasteiger partial charge in [0.25, 0.3) is 0 Å². The molecule has 7 heteroatoms. The summed E-state index contributed by atoms with van der Waals surface area (Å²) in [5.74, 6) is 2.65. The number of benzene rings is 2. The van der Waals surface area contributed by atoms with E-state index in [4.69, 9.17) is 4.99 Å². The van der Waals surface area contributed by atoms with Gasteiger partial charge in [0.05, 0.1) is 6.04 Å². The summed E-state index contributed by atoms with van der Waals surface area (Å²) in [5, 5.41) is 11.3. The fourth-order valence-electron chi connectivity index (χ4n) is 8.82. The van der Waals surface area contributed by atoms with Crippen LogP contribution >= 0.6 is 0 Å². The number of aromatic nitrogens is 1. The number of piperidine rings is 1. The normalized spacial score (nSPS) is 20.0. The first-order valence-electron chi connectivity index (χ1n) is 22.6. The van der Waals surface area contributed by atoms with E-state index >= 15 is 0 Å². The van der Waals surface area contributed by atoms with E-state index < -0.39 is 0 Å². The minimum absolute atomic E-state index is 0.176. The molecule has 2 aromatic carbocycles. The summed E-state index contributed by atoms with van der Waals surface area (Å²) >= 11 is 0. The molecule has 2 fully saturated rings. The van der Waals surface area contributed by atoms with Gasteiger partial charge in [-0.2, -0.15) is 0 Å².